The van der Waals surface area contributed by atoms with E-state index in [9.17, 15) is 4.79 Å². The van der Waals surface area contributed by atoms with Crippen molar-refractivity contribution in [2.24, 2.45) is 0 Å². The molecule has 0 spiro atoms. The number of benzene rings is 4. The van der Waals surface area contributed by atoms with Crippen LogP contribution >= 0.6 is 0 Å². The van der Waals surface area contributed by atoms with Gasteiger partial charge in [0.05, 0.1) is 41.2 Å². The first kappa shape index (κ1) is 36.5. The molecule has 11 heteroatoms. The number of methoxy groups -OCH3 is 3. The van der Waals surface area contributed by atoms with Crippen molar-refractivity contribution in [2.75, 3.05) is 74.9 Å². The van der Waals surface area contributed by atoms with Crippen molar-refractivity contribution < 1.29 is 43.1 Å². The maximum Gasteiger partial charge on any atom is 0.342 e. The third-order valence-electron chi connectivity index (χ3n) is 10.6. The molecule has 0 fully saturated rings. The molecule has 4 aliphatic heterocycles. The molecule has 1 N–H and O–H groups in total. The van der Waals surface area contributed by atoms with Crippen LogP contribution in [0, 0.1) is 0 Å². The molecule has 11 nitrogen and oxygen atoms in total. The Morgan fingerprint density at radius 3 is 2.19 bits per heavy atom. The van der Waals surface area contributed by atoms with E-state index in [-0.39, 0.29) is 38.5 Å². The van der Waals surface area contributed by atoms with Gasteiger partial charge in [-0.25, -0.2) is 4.79 Å². The van der Waals surface area contributed by atoms with E-state index in [1.165, 1.54) is 11.1 Å². The molecular formula is C42H48N2O9. The van der Waals surface area contributed by atoms with Crippen LogP contribution < -0.4 is 23.7 Å². The molecule has 4 aromatic carbocycles. The van der Waals surface area contributed by atoms with Gasteiger partial charge >= 0.3 is 5.97 Å². The Morgan fingerprint density at radius 1 is 0.755 bits per heavy atom. The Hall–Kier alpha value is -4.81. The van der Waals surface area contributed by atoms with Gasteiger partial charge < -0.3 is 38.3 Å². The van der Waals surface area contributed by atoms with E-state index in [4.69, 9.17) is 38.3 Å². The molecule has 0 saturated carbocycles. The van der Waals surface area contributed by atoms with Crippen molar-refractivity contribution in [2.45, 2.75) is 37.8 Å². The number of carbonyl (C=O) groups excluding carboxylic acids is 1. The summed E-state index contributed by atoms with van der Waals surface area (Å²) >= 11 is 0. The van der Waals surface area contributed by atoms with Gasteiger partial charge in [0.2, 0.25) is 5.75 Å². The van der Waals surface area contributed by atoms with Gasteiger partial charge in [0.1, 0.15) is 23.7 Å². The second kappa shape index (κ2) is 16.1. The standard InChI is InChI=1S/C42H48N2O9/c1-43-14-12-28-23-36(47-3)37-25-32(28)33(43)20-26-6-9-30(10-7-26)52-35-22-27(8-11-31(35)42(46)51-19-18-50-17-16-45)21-34-39-29(13-15-44(34)2)24-38(48-4)40(49-5)41(39)53-37/h6-11,22-25,33-34,45H,12-21H2,1-5H3/t33-,34+/m0/s1. The number of ether oxygens (including phenoxy) is 7. The summed E-state index contributed by atoms with van der Waals surface area (Å²) in [5.41, 5.74) is 6.97. The Kier molecular flexibility index (Phi) is 11.1. The largest absolute Gasteiger partial charge is 0.493 e. The van der Waals surface area contributed by atoms with Crippen LogP contribution in [0.15, 0.2) is 60.7 Å². The summed E-state index contributed by atoms with van der Waals surface area (Å²) in [6, 6.07) is 20.0. The predicted octanol–water partition coefficient (Wildman–Crippen LogP) is 6.32. The first-order valence-electron chi connectivity index (χ1n) is 18.1. The highest BCUT2D eigenvalue weighted by molar-refractivity contribution is 5.92. The van der Waals surface area contributed by atoms with E-state index in [0.29, 0.717) is 52.2 Å². The minimum Gasteiger partial charge on any atom is -0.493 e. The smallest absolute Gasteiger partial charge is 0.342 e. The third-order valence-corrected chi connectivity index (χ3v) is 10.6. The lowest BCUT2D eigenvalue weighted by Gasteiger charge is -2.37. The van der Waals surface area contributed by atoms with Crippen molar-refractivity contribution in [1.29, 1.82) is 0 Å². The zero-order valence-electron chi connectivity index (χ0n) is 31.1. The first-order valence-corrected chi connectivity index (χ1v) is 18.1. The normalized spacial score (nSPS) is 18.2. The maximum absolute atomic E-state index is 13.4. The predicted molar refractivity (Wildman–Crippen MR) is 199 cm³/mol. The molecule has 53 heavy (non-hydrogen) atoms. The van der Waals surface area contributed by atoms with Crippen LogP contribution in [0.3, 0.4) is 0 Å². The van der Waals surface area contributed by atoms with E-state index < -0.39 is 5.97 Å². The van der Waals surface area contributed by atoms with Crippen LogP contribution in [0.25, 0.3) is 0 Å². The highest BCUT2D eigenvalue weighted by atomic mass is 16.6. The SMILES string of the molecule is COc1cc2c3cc1Oc1c(OC)c(OC)cc4c1[C@@H](Cc1ccc(C(=O)OCCOCCO)c(c1)Oc1ccc(cc1)C[C@@H]3N(C)CC2)N(C)CC4. The highest BCUT2D eigenvalue weighted by Gasteiger charge is 2.35. The number of aliphatic hydroxyl groups is 1. The molecule has 8 rings (SSSR count). The molecule has 4 aliphatic rings. The summed E-state index contributed by atoms with van der Waals surface area (Å²) in [6.07, 6.45) is 3.05. The van der Waals surface area contributed by atoms with E-state index in [2.05, 4.69) is 54.2 Å². The molecule has 0 aliphatic carbocycles. The first-order chi connectivity index (χ1) is 25.8. The molecule has 0 radical (unpaired) electrons. The Morgan fingerprint density at radius 2 is 1.45 bits per heavy atom. The van der Waals surface area contributed by atoms with Gasteiger partial charge in [-0.3, -0.25) is 9.80 Å². The van der Waals surface area contributed by atoms with E-state index in [0.717, 1.165) is 54.6 Å². The number of likely N-dealkylation sites (N-methyl/N-ethyl adjacent to an activating group) is 2. The average molecular weight is 725 g/mol. The average Bonchev–Trinajstić information content (AvgIpc) is 3.17. The van der Waals surface area contributed by atoms with Crippen molar-refractivity contribution in [3.63, 3.8) is 0 Å². The van der Waals surface area contributed by atoms with E-state index in [1.807, 2.05) is 24.3 Å². The topological polar surface area (TPSA) is 108 Å². The summed E-state index contributed by atoms with van der Waals surface area (Å²) in [4.78, 5) is 18.1. The summed E-state index contributed by atoms with van der Waals surface area (Å²) in [5, 5.41) is 9.01. The van der Waals surface area contributed by atoms with Gasteiger partial charge in [0.25, 0.3) is 0 Å². The van der Waals surface area contributed by atoms with Crippen molar-refractivity contribution >= 4 is 5.97 Å². The van der Waals surface area contributed by atoms with Crippen LogP contribution in [0.1, 0.15) is 55.8 Å². The minimum atomic E-state index is -0.517. The van der Waals surface area contributed by atoms with E-state index in [1.54, 1.807) is 27.4 Å². The van der Waals surface area contributed by atoms with Gasteiger partial charge in [0, 0.05) is 30.7 Å². The van der Waals surface area contributed by atoms with Crippen LogP contribution in [-0.4, -0.2) is 95.8 Å². The fourth-order valence-electron chi connectivity index (χ4n) is 7.73. The third kappa shape index (κ3) is 7.52. The lowest BCUT2D eigenvalue weighted by molar-refractivity contribution is 0.0256. The van der Waals surface area contributed by atoms with Gasteiger partial charge in [-0.2, -0.15) is 0 Å². The monoisotopic (exact) mass is 724 g/mol. The lowest BCUT2D eigenvalue weighted by atomic mass is 9.87. The number of nitrogens with zero attached hydrogens (tertiary/aromatic N) is 2. The molecule has 0 saturated heterocycles. The van der Waals surface area contributed by atoms with Crippen LogP contribution in [-0.2, 0) is 35.2 Å². The molecule has 0 unspecified atom stereocenters. The number of esters is 1. The van der Waals surface area contributed by atoms with Crippen LogP contribution in [0.4, 0.5) is 0 Å². The zero-order valence-corrected chi connectivity index (χ0v) is 31.1. The fraction of sp³-hybridized carbons (Fsp3) is 0.405. The van der Waals surface area contributed by atoms with Gasteiger partial charge in [-0.15, -0.1) is 0 Å². The summed E-state index contributed by atoms with van der Waals surface area (Å²) in [7, 11) is 9.24. The lowest BCUT2D eigenvalue weighted by Crippen LogP contribution is -2.34. The second-order valence-corrected chi connectivity index (χ2v) is 13.8. The number of hydrogen-bond acceptors (Lipinski definition) is 11. The summed E-state index contributed by atoms with van der Waals surface area (Å²) in [5.74, 6) is 3.48. The Balaban J connectivity index is 1.38. The van der Waals surface area contributed by atoms with Crippen molar-refractivity contribution in [3.05, 3.63) is 99.6 Å². The molecule has 6 bridgehead atoms. The summed E-state index contributed by atoms with van der Waals surface area (Å²) in [6.45, 7) is 2.05. The Bertz CT molecular complexity index is 1950. The quantitative estimate of drug-likeness (QED) is 0.155. The molecule has 2 atom stereocenters. The number of aliphatic hydroxyl groups excluding tert-OH is 1. The minimum absolute atomic E-state index is 0.0522. The summed E-state index contributed by atoms with van der Waals surface area (Å²) < 4.78 is 42.3. The van der Waals surface area contributed by atoms with Crippen molar-refractivity contribution in [1.82, 2.24) is 9.80 Å². The number of fused-ring (bicyclic) bond motifs is 2. The second-order valence-electron chi connectivity index (χ2n) is 13.8. The number of hydrogen-bond donors (Lipinski definition) is 1. The van der Waals surface area contributed by atoms with Crippen LogP contribution in [0.2, 0.25) is 0 Å². The van der Waals surface area contributed by atoms with Crippen LogP contribution in [0.5, 0.6) is 40.2 Å². The van der Waals surface area contributed by atoms with Gasteiger partial charge in [0.15, 0.2) is 23.0 Å². The zero-order chi connectivity index (χ0) is 37.1. The number of rotatable bonds is 9. The number of carbonyl (C=O) groups is 1. The van der Waals surface area contributed by atoms with Gasteiger partial charge in [-0.05, 0) is 110 Å². The molecule has 4 heterocycles. The fourth-order valence-corrected chi connectivity index (χ4v) is 7.73. The molecule has 0 aromatic heterocycles. The van der Waals surface area contributed by atoms with Gasteiger partial charge in [-0.1, -0.05) is 18.2 Å². The maximum atomic E-state index is 13.4. The van der Waals surface area contributed by atoms with Crippen molar-refractivity contribution in [3.8, 4) is 40.2 Å². The molecule has 4 aromatic rings. The molecular weight excluding hydrogens is 676 g/mol. The highest BCUT2D eigenvalue weighted by Crippen LogP contribution is 2.52. The molecule has 280 valence electrons. The molecule has 0 amide bonds. The Labute approximate surface area is 310 Å². The van der Waals surface area contributed by atoms with E-state index >= 15 is 0 Å².